The number of H-pyrrole nitrogens is 1. The van der Waals surface area contributed by atoms with Crippen molar-refractivity contribution in [3.05, 3.63) is 53.1 Å². The molecular formula is C40H53N7O5. The van der Waals surface area contributed by atoms with Gasteiger partial charge in [0.1, 0.15) is 29.6 Å². The number of aromatic amines is 1. The summed E-state index contributed by atoms with van der Waals surface area (Å²) in [6.07, 6.45) is 8.89. The molecule has 2 saturated carbocycles. The third-order valence-corrected chi connectivity index (χ3v) is 10.7. The minimum atomic E-state index is -0.623. The van der Waals surface area contributed by atoms with E-state index >= 15 is 0 Å². The van der Waals surface area contributed by atoms with Gasteiger partial charge in [0, 0.05) is 37.0 Å². The van der Waals surface area contributed by atoms with Gasteiger partial charge in [-0.15, -0.1) is 0 Å². The number of carbonyl (C=O) groups excluding carboxylic acids is 5. The third-order valence-electron chi connectivity index (χ3n) is 10.7. The summed E-state index contributed by atoms with van der Waals surface area (Å²) in [7, 11) is 0. The highest BCUT2D eigenvalue weighted by Gasteiger charge is 2.41. The molecule has 3 heterocycles. The van der Waals surface area contributed by atoms with E-state index in [1.54, 1.807) is 11.1 Å². The molecule has 4 N–H and O–H groups in total. The summed E-state index contributed by atoms with van der Waals surface area (Å²) in [5.41, 5.74) is 2.55. The van der Waals surface area contributed by atoms with Crippen LogP contribution in [-0.2, 0) is 30.4 Å². The summed E-state index contributed by atoms with van der Waals surface area (Å²) in [6.45, 7) is 9.35. The zero-order chi connectivity index (χ0) is 36.9. The number of benzene rings is 1. The van der Waals surface area contributed by atoms with E-state index < -0.39 is 18.1 Å². The van der Waals surface area contributed by atoms with Crippen LogP contribution in [0.1, 0.15) is 108 Å². The van der Waals surface area contributed by atoms with Crippen molar-refractivity contribution >= 4 is 29.5 Å². The van der Waals surface area contributed by atoms with E-state index in [1.165, 1.54) is 0 Å². The molecule has 0 bridgehead atoms. The standard InChI is InChI=1S/C40H53N7O5/c1-24(2)33(44-36(48)28-14-15-28)39(51)46-21-5-7-31(46)35-42-23-30(43-35)18-13-26-9-11-27(12-10-26)19-20-41-38(50)32-8-6-22-47(32)40(52)34(25(3)4)45-37(49)29-16-17-29/h9-12,23-25,28-29,31-34H,5-8,14-17,19-22H2,1-4H3,(H,41,50)(H,42,43)(H,44,48)(H,45,49)/t31-,32-,33+,34+/m0/s1. The zero-order valence-electron chi connectivity index (χ0n) is 30.9. The van der Waals surface area contributed by atoms with Crippen molar-refractivity contribution in [2.45, 2.75) is 110 Å². The molecule has 4 atom stereocenters. The molecule has 4 aliphatic rings. The second-order valence-electron chi connectivity index (χ2n) is 15.6. The Morgan fingerprint density at radius 2 is 1.35 bits per heavy atom. The van der Waals surface area contributed by atoms with E-state index in [1.807, 2.05) is 56.9 Å². The van der Waals surface area contributed by atoms with Gasteiger partial charge in [-0.3, -0.25) is 24.0 Å². The van der Waals surface area contributed by atoms with Gasteiger partial charge in [0.05, 0.1) is 12.2 Å². The number of hydrogen-bond donors (Lipinski definition) is 4. The topological polar surface area (TPSA) is 157 Å². The van der Waals surface area contributed by atoms with Crippen LogP contribution >= 0.6 is 0 Å². The number of nitrogens with one attached hydrogen (secondary N) is 4. The minimum absolute atomic E-state index is 0.0163. The zero-order valence-corrected chi connectivity index (χ0v) is 30.9. The van der Waals surface area contributed by atoms with Gasteiger partial charge < -0.3 is 30.7 Å². The Labute approximate surface area is 306 Å². The lowest BCUT2D eigenvalue weighted by molar-refractivity contribution is -0.142. The van der Waals surface area contributed by atoms with Crippen molar-refractivity contribution in [2.75, 3.05) is 19.6 Å². The lowest BCUT2D eigenvalue weighted by atomic mass is 10.0. The van der Waals surface area contributed by atoms with E-state index in [9.17, 15) is 24.0 Å². The summed E-state index contributed by atoms with van der Waals surface area (Å²) in [5.74, 6) is 6.53. The summed E-state index contributed by atoms with van der Waals surface area (Å²) in [6, 6.07) is 5.99. The van der Waals surface area contributed by atoms with Crippen LogP contribution in [0.2, 0.25) is 0 Å². The van der Waals surface area contributed by atoms with Gasteiger partial charge in [-0.05, 0) is 93.2 Å². The first-order valence-electron chi connectivity index (χ1n) is 19.2. The Morgan fingerprint density at radius 3 is 1.94 bits per heavy atom. The molecule has 0 spiro atoms. The van der Waals surface area contributed by atoms with Crippen LogP contribution in [0.15, 0.2) is 30.5 Å². The Hall–Kier alpha value is -4.66. The number of hydrogen-bond acceptors (Lipinski definition) is 6. The molecule has 52 heavy (non-hydrogen) atoms. The summed E-state index contributed by atoms with van der Waals surface area (Å²) in [5, 5.41) is 8.95. The first kappa shape index (κ1) is 37.1. The molecule has 5 amide bonds. The van der Waals surface area contributed by atoms with Crippen LogP contribution in [0.4, 0.5) is 0 Å². The number of amides is 5. The first-order valence-corrected chi connectivity index (χ1v) is 19.2. The SMILES string of the molecule is CC(C)[C@@H](NC(=O)C1CC1)C(=O)N1CCC[C@H]1C(=O)NCCc1ccc(C#Cc2cnc([C@@H]3CCCN3C(=O)[C@H](NC(=O)C3CC3)C(C)C)[nH]2)cc1. The van der Waals surface area contributed by atoms with Gasteiger partial charge >= 0.3 is 0 Å². The van der Waals surface area contributed by atoms with E-state index in [4.69, 9.17) is 0 Å². The minimum Gasteiger partial charge on any atom is -0.354 e. The third kappa shape index (κ3) is 9.03. The van der Waals surface area contributed by atoms with Crippen molar-refractivity contribution < 1.29 is 24.0 Å². The fourth-order valence-corrected chi connectivity index (χ4v) is 7.15. The van der Waals surface area contributed by atoms with Crippen LogP contribution in [0.25, 0.3) is 0 Å². The van der Waals surface area contributed by atoms with E-state index in [0.717, 1.165) is 56.1 Å². The number of carbonyl (C=O) groups is 5. The quantitative estimate of drug-likeness (QED) is 0.234. The lowest BCUT2D eigenvalue weighted by Gasteiger charge is -2.30. The van der Waals surface area contributed by atoms with Gasteiger partial charge in [0.15, 0.2) is 0 Å². The van der Waals surface area contributed by atoms with Crippen LogP contribution < -0.4 is 16.0 Å². The molecule has 2 saturated heterocycles. The smallest absolute Gasteiger partial charge is 0.246 e. The van der Waals surface area contributed by atoms with Crippen molar-refractivity contribution in [3.8, 4) is 11.8 Å². The molecule has 4 fully saturated rings. The monoisotopic (exact) mass is 711 g/mol. The van der Waals surface area contributed by atoms with Crippen molar-refractivity contribution in [1.82, 2.24) is 35.7 Å². The Kier molecular flexibility index (Phi) is 11.7. The average molecular weight is 712 g/mol. The average Bonchev–Trinajstić information content (AvgIpc) is 4.00. The van der Waals surface area contributed by atoms with Gasteiger partial charge in [0.2, 0.25) is 29.5 Å². The molecule has 0 radical (unpaired) electrons. The number of likely N-dealkylation sites (tertiary alicyclic amines) is 2. The second-order valence-corrected chi connectivity index (χ2v) is 15.6. The molecule has 6 rings (SSSR count). The van der Waals surface area contributed by atoms with Gasteiger partial charge in [0.25, 0.3) is 0 Å². The molecule has 0 unspecified atom stereocenters. The van der Waals surface area contributed by atoms with Crippen molar-refractivity contribution in [1.29, 1.82) is 0 Å². The number of rotatable bonds is 13. The normalized spacial score (nSPS) is 21.0. The highest BCUT2D eigenvalue weighted by atomic mass is 16.2. The summed E-state index contributed by atoms with van der Waals surface area (Å²) in [4.78, 5) is 76.4. The van der Waals surface area contributed by atoms with Crippen molar-refractivity contribution in [3.63, 3.8) is 0 Å². The summed E-state index contributed by atoms with van der Waals surface area (Å²) >= 11 is 0. The van der Waals surface area contributed by atoms with Crippen LogP contribution in [-0.4, -0.2) is 87.1 Å². The predicted molar refractivity (Wildman–Crippen MR) is 195 cm³/mol. The maximum absolute atomic E-state index is 13.6. The molecule has 2 aliphatic carbocycles. The predicted octanol–water partition coefficient (Wildman–Crippen LogP) is 3.22. The molecule has 1 aromatic carbocycles. The maximum Gasteiger partial charge on any atom is 0.246 e. The van der Waals surface area contributed by atoms with Gasteiger partial charge in [-0.2, -0.15) is 0 Å². The Bertz CT molecular complexity index is 1700. The summed E-state index contributed by atoms with van der Waals surface area (Å²) < 4.78 is 0. The molecule has 1 aromatic heterocycles. The van der Waals surface area contributed by atoms with Gasteiger partial charge in [-0.25, -0.2) is 4.98 Å². The number of imidazole rings is 1. The lowest BCUT2D eigenvalue weighted by Crippen LogP contribution is -2.55. The fraction of sp³-hybridized carbons (Fsp3) is 0.600. The Balaban J connectivity index is 0.984. The van der Waals surface area contributed by atoms with E-state index in [2.05, 4.69) is 37.8 Å². The van der Waals surface area contributed by atoms with Gasteiger partial charge in [-0.1, -0.05) is 45.7 Å². The first-order chi connectivity index (χ1) is 25.0. The molecule has 2 aromatic rings. The van der Waals surface area contributed by atoms with E-state index in [-0.39, 0.29) is 59.2 Å². The van der Waals surface area contributed by atoms with Crippen molar-refractivity contribution in [2.24, 2.45) is 23.7 Å². The van der Waals surface area contributed by atoms with Crippen LogP contribution in [0.3, 0.4) is 0 Å². The fourth-order valence-electron chi connectivity index (χ4n) is 7.15. The number of aromatic nitrogens is 2. The highest BCUT2D eigenvalue weighted by molar-refractivity contribution is 5.93. The highest BCUT2D eigenvalue weighted by Crippen LogP contribution is 2.33. The van der Waals surface area contributed by atoms with E-state index in [0.29, 0.717) is 44.0 Å². The molecule has 12 nitrogen and oxygen atoms in total. The molecule has 2 aliphatic heterocycles. The molecular weight excluding hydrogens is 658 g/mol. The largest absolute Gasteiger partial charge is 0.354 e. The Morgan fingerprint density at radius 1 is 0.769 bits per heavy atom. The molecule has 12 heteroatoms. The van der Waals surface area contributed by atoms with Crippen LogP contribution in [0.5, 0.6) is 0 Å². The number of nitrogens with zero attached hydrogens (tertiary/aromatic N) is 3. The maximum atomic E-state index is 13.6. The second kappa shape index (κ2) is 16.3. The molecule has 278 valence electrons. The van der Waals surface area contributed by atoms with Crippen LogP contribution in [0, 0.1) is 35.5 Å².